The molecule has 1 amide bonds. The SMILES string of the molecule is CCC(C)N(C)c1cc2c(cc1Cl)C(O)C(=O)N2. The van der Waals surface area contributed by atoms with E-state index in [-0.39, 0.29) is 0 Å². The summed E-state index contributed by atoms with van der Waals surface area (Å²) in [4.78, 5) is 13.5. The van der Waals surface area contributed by atoms with Crippen molar-refractivity contribution < 1.29 is 9.90 Å². The highest BCUT2D eigenvalue weighted by atomic mass is 35.5. The maximum absolute atomic E-state index is 11.4. The minimum Gasteiger partial charge on any atom is -0.378 e. The fourth-order valence-electron chi connectivity index (χ4n) is 2.04. The topological polar surface area (TPSA) is 52.6 Å². The molecule has 1 aliphatic heterocycles. The Morgan fingerprint density at radius 3 is 2.83 bits per heavy atom. The monoisotopic (exact) mass is 268 g/mol. The molecule has 2 unspecified atom stereocenters. The zero-order valence-electron chi connectivity index (χ0n) is 10.7. The molecule has 0 aromatic heterocycles. The van der Waals surface area contributed by atoms with Gasteiger partial charge in [0.15, 0.2) is 6.10 Å². The van der Waals surface area contributed by atoms with Crippen LogP contribution in [-0.4, -0.2) is 24.1 Å². The summed E-state index contributed by atoms with van der Waals surface area (Å²) in [6.07, 6.45) is -0.112. The number of fused-ring (bicyclic) bond motifs is 1. The Bertz CT molecular complexity index is 490. The molecule has 0 saturated carbocycles. The summed E-state index contributed by atoms with van der Waals surface area (Å²) in [5.74, 6) is -0.399. The quantitative estimate of drug-likeness (QED) is 0.886. The van der Waals surface area contributed by atoms with Crippen LogP contribution < -0.4 is 10.2 Å². The van der Waals surface area contributed by atoms with Crippen LogP contribution in [0.5, 0.6) is 0 Å². The Labute approximate surface area is 112 Å². The van der Waals surface area contributed by atoms with Crippen LogP contribution in [0, 0.1) is 0 Å². The fourth-order valence-corrected chi connectivity index (χ4v) is 2.34. The molecular formula is C13H17ClN2O2. The lowest BCUT2D eigenvalue weighted by molar-refractivity contribution is -0.123. The Morgan fingerprint density at radius 1 is 1.56 bits per heavy atom. The molecular weight excluding hydrogens is 252 g/mol. The van der Waals surface area contributed by atoms with Crippen molar-refractivity contribution in [3.8, 4) is 0 Å². The molecule has 2 N–H and O–H groups in total. The summed E-state index contributed by atoms with van der Waals surface area (Å²) >= 11 is 6.22. The van der Waals surface area contributed by atoms with Crippen LogP contribution in [0.1, 0.15) is 31.9 Å². The first-order valence-corrected chi connectivity index (χ1v) is 6.38. The normalized spacial score (nSPS) is 19.4. The van der Waals surface area contributed by atoms with E-state index >= 15 is 0 Å². The summed E-state index contributed by atoms with van der Waals surface area (Å²) in [6, 6.07) is 3.83. The predicted molar refractivity (Wildman–Crippen MR) is 73.2 cm³/mol. The minimum absolute atomic E-state index is 0.350. The molecule has 1 heterocycles. The molecule has 5 heteroatoms. The van der Waals surface area contributed by atoms with Gasteiger partial charge in [-0.3, -0.25) is 4.79 Å². The van der Waals surface area contributed by atoms with E-state index in [1.165, 1.54) is 0 Å². The van der Waals surface area contributed by atoms with Gasteiger partial charge < -0.3 is 15.3 Å². The van der Waals surface area contributed by atoms with Crippen molar-refractivity contribution in [2.24, 2.45) is 0 Å². The second-order valence-corrected chi connectivity index (χ2v) is 5.06. The van der Waals surface area contributed by atoms with E-state index in [4.69, 9.17) is 11.6 Å². The van der Waals surface area contributed by atoms with Gasteiger partial charge in [0.1, 0.15) is 0 Å². The standard InChI is InChI=1S/C13H17ClN2O2/c1-4-7(2)16(3)11-6-10-8(5-9(11)14)12(17)13(18)15-10/h5-7,12,17H,4H2,1-3H3,(H,15,18). The number of hydrogen-bond donors (Lipinski definition) is 2. The maximum Gasteiger partial charge on any atom is 0.257 e. The maximum atomic E-state index is 11.4. The molecule has 18 heavy (non-hydrogen) atoms. The van der Waals surface area contributed by atoms with Gasteiger partial charge in [-0.05, 0) is 25.5 Å². The van der Waals surface area contributed by atoms with Crippen LogP contribution in [0.15, 0.2) is 12.1 Å². The van der Waals surface area contributed by atoms with Crippen LogP contribution >= 0.6 is 11.6 Å². The molecule has 2 atom stereocenters. The first-order valence-electron chi connectivity index (χ1n) is 6.01. The summed E-state index contributed by atoms with van der Waals surface area (Å²) in [7, 11) is 1.97. The number of nitrogens with one attached hydrogen (secondary N) is 1. The van der Waals surface area contributed by atoms with Crippen LogP contribution in [-0.2, 0) is 4.79 Å². The number of aliphatic hydroxyl groups is 1. The first-order chi connectivity index (χ1) is 8.45. The summed E-state index contributed by atoms with van der Waals surface area (Å²) in [6.45, 7) is 4.21. The Morgan fingerprint density at radius 2 is 2.22 bits per heavy atom. The average Bonchev–Trinajstić information content (AvgIpc) is 2.63. The molecule has 1 aromatic carbocycles. The zero-order chi connectivity index (χ0) is 13.4. The van der Waals surface area contributed by atoms with E-state index < -0.39 is 12.0 Å². The van der Waals surface area contributed by atoms with E-state index in [0.717, 1.165) is 12.1 Å². The summed E-state index contributed by atoms with van der Waals surface area (Å²) in [5.41, 5.74) is 2.05. The van der Waals surface area contributed by atoms with E-state index in [0.29, 0.717) is 22.3 Å². The van der Waals surface area contributed by atoms with Gasteiger partial charge in [-0.15, -0.1) is 0 Å². The van der Waals surface area contributed by atoms with Crippen molar-refractivity contribution in [3.05, 3.63) is 22.7 Å². The van der Waals surface area contributed by atoms with Crippen molar-refractivity contribution in [2.45, 2.75) is 32.4 Å². The Hall–Kier alpha value is -1.26. The highest BCUT2D eigenvalue weighted by molar-refractivity contribution is 6.33. The van der Waals surface area contributed by atoms with Gasteiger partial charge in [0, 0.05) is 24.3 Å². The van der Waals surface area contributed by atoms with E-state index in [1.54, 1.807) is 6.07 Å². The number of nitrogens with zero attached hydrogens (tertiary/aromatic N) is 1. The number of rotatable bonds is 3. The number of carbonyl (C=O) groups is 1. The molecule has 0 radical (unpaired) electrons. The van der Waals surface area contributed by atoms with Gasteiger partial charge in [0.05, 0.1) is 10.7 Å². The minimum atomic E-state index is -1.11. The van der Waals surface area contributed by atoms with E-state index in [1.807, 2.05) is 13.1 Å². The molecule has 4 nitrogen and oxygen atoms in total. The number of benzene rings is 1. The zero-order valence-corrected chi connectivity index (χ0v) is 11.5. The second-order valence-electron chi connectivity index (χ2n) is 4.65. The van der Waals surface area contributed by atoms with Crippen LogP contribution in [0.25, 0.3) is 0 Å². The van der Waals surface area contributed by atoms with E-state index in [2.05, 4.69) is 24.1 Å². The van der Waals surface area contributed by atoms with Gasteiger partial charge in [-0.1, -0.05) is 18.5 Å². The van der Waals surface area contributed by atoms with Crippen LogP contribution in [0.3, 0.4) is 0 Å². The fraction of sp³-hybridized carbons (Fsp3) is 0.462. The van der Waals surface area contributed by atoms with Crippen molar-refractivity contribution >= 4 is 28.9 Å². The molecule has 0 fully saturated rings. The molecule has 0 bridgehead atoms. The average molecular weight is 269 g/mol. The number of anilines is 2. The smallest absolute Gasteiger partial charge is 0.257 e. The molecule has 1 aromatic rings. The van der Waals surface area contributed by atoms with Crippen LogP contribution in [0.2, 0.25) is 5.02 Å². The highest BCUT2D eigenvalue weighted by Crippen LogP contribution is 2.39. The largest absolute Gasteiger partial charge is 0.378 e. The van der Waals surface area contributed by atoms with Crippen LogP contribution in [0.4, 0.5) is 11.4 Å². The van der Waals surface area contributed by atoms with Gasteiger partial charge in [-0.25, -0.2) is 0 Å². The van der Waals surface area contributed by atoms with Crippen molar-refractivity contribution in [2.75, 3.05) is 17.3 Å². The van der Waals surface area contributed by atoms with Crippen molar-refractivity contribution in [1.29, 1.82) is 0 Å². The molecule has 0 aliphatic carbocycles. The molecule has 98 valence electrons. The molecule has 0 saturated heterocycles. The second kappa shape index (κ2) is 4.78. The Balaban J connectivity index is 2.41. The third kappa shape index (κ3) is 2.06. The number of amides is 1. The molecule has 1 aliphatic rings. The van der Waals surface area contributed by atoms with Gasteiger partial charge in [0.2, 0.25) is 0 Å². The number of carbonyl (C=O) groups excluding carboxylic acids is 1. The lowest BCUT2D eigenvalue weighted by atomic mass is 10.1. The Kier molecular flexibility index (Phi) is 3.50. The summed E-state index contributed by atoms with van der Waals surface area (Å²) < 4.78 is 0. The number of aliphatic hydroxyl groups excluding tert-OH is 1. The summed E-state index contributed by atoms with van der Waals surface area (Å²) in [5, 5.41) is 12.9. The predicted octanol–water partition coefficient (Wildman–Crippen LogP) is 2.56. The van der Waals surface area contributed by atoms with E-state index in [9.17, 15) is 9.90 Å². The lowest BCUT2D eigenvalue weighted by Gasteiger charge is -2.27. The number of halogens is 1. The third-order valence-electron chi connectivity index (χ3n) is 3.55. The van der Waals surface area contributed by atoms with Gasteiger partial charge in [0.25, 0.3) is 5.91 Å². The van der Waals surface area contributed by atoms with Crippen molar-refractivity contribution in [3.63, 3.8) is 0 Å². The third-order valence-corrected chi connectivity index (χ3v) is 3.85. The first kappa shape index (κ1) is 13.2. The van der Waals surface area contributed by atoms with Gasteiger partial charge >= 0.3 is 0 Å². The lowest BCUT2D eigenvalue weighted by Crippen LogP contribution is -2.28. The molecule has 2 rings (SSSR count). The van der Waals surface area contributed by atoms with Gasteiger partial charge in [-0.2, -0.15) is 0 Å². The molecule has 0 spiro atoms. The highest BCUT2D eigenvalue weighted by Gasteiger charge is 2.30. The number of hydrogen-bond acceptors (Lipinski definition) is 3. The van der Waals surface area contributed by atoms with Crippen molar-refractivity contribution in [1.82, 2.24) is 0 Å².